The van der Waals surface area contributed by atoms with E-state index in [1.165, 1.54) is 0 Å². The summed E-state index contributed by atoms with van der Waals surface area (Å²) in [5, 5.41) is 3.52. The van der Waals surface area contributed by atoms with E-state index in [-0.39, 0.29) is 33.8 Å². The molecule has 1 aliphatic heterocycles. The molecule has 0 amide bonds. The third-order valence-electron chi connectivity index (χ3n) is 5.75. The Balaban J connectivity index is 0.00000225. The standard InChI is InChI=1S/C22H25BrN2O2.H2O/c1-21(2)8-13-18(15(26)10-21)20(12-6-5-7-17(23)25-12)19-14(24-13)9-22(3,4)11-16(19)27;/h5-7,20,24H,8-11H2,1-4H3;1H2. The van der Waals surface area contributed by atoms with Crippen LogP contribution in [0.2, 0.25) is 0 Å². The summed E-state index contributed by atoms with van der Waals surface area (Å²) in [6, 6.07) is 5.71. The van der Waals surface area contributed by atoms with Crippen molar-refractivity contribution in [2.45, 2.75) is 59.3 Å². The number of pyridine rings is 1. The van der Waals surface area contributed by atoms with Crippen LogP contribution in [-0.2, 0) is 9.59 Å². The summed E-state index contributed by atoms with van der Waals surface area (Å²) in [4.78, 5) is 30.9. The summed E-state index contributed by atoms with van der Waals surface area (Å²) in [6.07, 6.45) is 2.62. The van der Waals surface area contributed by atoms with Crippen LogP contribution < -0.4 is 5.32 Å². The molecule has 1 aromatic heterocycles. The van der Waals surface area contributed by atoms with Gasteiger partial charge in [0.05, 0.1) is 11.6 Å². The van der Waals surface area contributed by atoms with Crippen molar-refractivity contribution >= 4 is 27.5 Å². The molecule has 3 aliphatic rings. The lowest BCUT2D eigenvalue weighted by atomic mass is 9.65. The molecular weight excluding hydrogens is 420 g/mol. The molecule has 1 aromatic rings. The number of hydrogen-bond acceptors (Lipinski definition) is 4. The summed E-state index contributed by atoms with van der Waals surface area (Å²) in [5.41, 5.74) is 4.06. The Hall–Kier alpha value is -1.79. The van der Waals surface area contributed by atoms with E-state index in [4.69, 9.17) is 0 Å². The Morgan fingerprint density at radius 2 is 1.43 bits per heavy atom. The van der Waals surface area contributed by atoms with E-state index in [0.717, 1.165) is 45.7 Å². The van der Waals surface area contributed by atoms with Gasteiger partial charge in [0.25, 0.3) is 0 Å². The van der Waals surface area contributed by atoms with E-state index < -0.39 is 0 Å². The van der Waals surface area contributed by atoms with Crippen LogP contribution in [0.1, 0.15) is 65.0 Å². The fourth-order valence-corrected chi connectivity index (χ4v) is 5.13. The van der Waals surface area contributed by atoms with Crippen molar-refractivity contribution in [3.05, 3.63) is 51.0 Å². The maximum atomic E-state index is 13.2. The second kappa shape index (κ2) is 6.92. The zero-order valence-corrected chi connectivity index (χ0v) is 18.4. The smallest absolute Gasteiger partial charge is 0.162 e. The quantitative estimate of drug-likeness (QED) is 0.659. The van der Waals surface area contributed by atoms with Crippen molar-refractivity contribution < 1.29 is 15.1 Å². The zero-order chi connectivity index (χ0) is 19.6. The Labute approximate surface area is 174 Å². The topological polar surface area (TPSA) is 90.6 Å². The van der Waals surface area contributed by atoms with E-state index in [1.54, 1.807) is 0 Å². The first-order valence-corrected chi connectivity index (χ1v) is 10.3. The molecule has 6 heteroatoms. The van der Waals surface area contributed by atoms with Gasteiger partial charge in [0.1, 0.15) is 4.60 Å². The third kappa shape index (κ3) is 3.60. The Morgan fingerprint density at radius 1 is 0.929 bits per heavy atom. The maximum absolute atomic E-state index is 13.2. The number of nitrogens with one attached hydrogen (secondary N) is 1. The van der Waals surface area contributed by atoms with E-state index in [1.807, 2.05) is 18.2 Å². The van der Waals surface area contributed by atoms with Crippen molar-refractivity contribution in [3.63, 3.8) is 0 Å². The number of hydrogen-bond donors (Lipinski definition) is 1. The lowest BCUT2D eigenvalue weighted by Crippen LogP contribution is -2.42. The maximum Gasteiger partial charge on any atom is 0.162 e. The molecule has 28 heavy (non-hydrogen) atoms. The van der Waals surface area contributed by atoms with Crippen LogP contribution in [0.15, 0.2) is 45.3 Å². The number of carbonyl (C=O) groups is 2. The number of rotatable bonds is 1. The van der Waals surface area contributed by atoms with Crippen LogP contribution in [0.3, 0.4) is 0 Å². The number of allylic oxidation sites excluding steroid dienone is 4. The lowest BCUT2D eigenvalue weighted by molar-refractivity contribution is -0.119. The highest BCUT2D eigenvalue weighted by Gasteiger charge is 2.46. The van der Waals surface area contributed by atoms with Crippen LogP contribution in [0.25, 0.3) is 0 Å². The largest absolute Gasteiger partial charge is 0.412 e. The average molecular weight is 447 g/mol. The molecule has 0 atom stereocenters. The van der Waals surface area contributed by atoms with Gasteiger partial charge in [0.15, 0.2) is 11.6 Å². The molecule has 0 saturated carbocycles. The summed E-state index contributed by atoms with van der Waals surface area (Å²) in [6.45, 7) is 8.51. The fourth-order valence-electron chi connectivity index (χ4n) is 4.77. The van der Waals surface area contributed by atoms with Gasteiger partial charge < -0.3 is 10.8 Å². The molecule has 0 spiro atoms. The first-order chi connectivity index (χ1) is 12.6. The molecule has 0 saturated heterocycles. The van der Waals surface area contributed by atoms with Gasteiger partial charge in [-0.2, -0.15) is 0 Å². The lowest BCUT2D eigenvalue weighted by Gasteiger charge is -2.43. The van der Waals surface area contributed by atoms with Crippen LogP contribution in [0.4, 0.5) is 0 Å². The van der Waals surface area contributed by atoms with Gasteiger partial charge in [-0.1, -0.05) is 33.8 Å². The number of aromatic nitrogens is 1. The highest BCUT2D eigenvalue weighted by atomic mass is 79.9. The van der Waals surface area contributed by atoms with E-state index in [0.29, 0.717) is 12.8 Å². The number of Topliss-reactive ketones (excluding diaryl/α,β-unsaturated/α-hetero) is 2. The minimum atomic E-state index is -0.360. The second-order valence-electron chi connectivity index (χ2n) is 9.61. The predicted molar refractivity (Wildman–Crippen MR) is 112 cm³/mol. The van der Waals surface area contributed by atoms with Gasteiger partial charge in [-0.25, -0.2) is 4.98 Å². The van der Waals surface area contributed by atoms with Gasteiger partial charge in [0, 0.05) is 35.4 Å². The van der Waals surface area contributed by atoms with Gasteiger partial charge in [-0.15, -0.1) is 0 Å². The first kappa shape index (κ1) is 20.9. The van der Waals surface area contributed by atoms with Gasteiger partial charge in [-0.3, -0.25) is 9.59 Å². The summed E-state index contributed by atoms with van der Waals surface area (Å²) in [5.74, 6) is -0.102. The summed E-state index contributed by atoms with van der Waals surface area (Å²) < 4.78 is 0.718. The molecule has 0 aromatic carbocycles. The minimum Gasteiger partial charge on any atom is -0.412 e. The van der Waals surface area contributed by atoms with Gasteiger partial charge in [-0.05, 0) is 51.7 Å². The first-order valence-electron chi connectivity index (χ1n) is 9.48. The van der Waals surface area contributed by atoms with Crippen LogP contribution >= 0.6 is 15.9 Å². The normalized spacial score (nSPS) is 23.6. The SMILES string of the molecule is CC1(C)CC(=O)C2=C(C1)NC1=C(C(=O)CC(C)(C)C1)C2c1cccc(Br)n1.O. The van der Waals surface area contributed by atoms with Crippen LogP contribution in [-0.4, -0.2) is 22.0 Å². The van der Waals surface area contributed by atoms with Crippen LogP contribution in [0, 0.1) is 10.8 Å². The monoisotopic (exact) mass is 446 g/mol. The van der Waals surface area contributed by atoms with Crippen molar-refractivity contribution in [2.24, 2.45) is 10.8 Å². The second-order valence-corrected chi connectivity index (χ2v) is 10.4. The summed E-state index contributed by atoms with van der Waals surface area (Å²) >= 11 is 3.44. The number of halogens is 1. The number of dihydropyridines is 1. The molecule has 4 rings (SSSR count). The molecule has 0 unspecified atom stereocenters. The third-order valence-corrected chi connectivity index (χ3v) is 6.19. The van der Waals surface area contributed by atoms with E-state index >= 15 is 0 Å². The zero-order valence-electron chi connectivity index (χ0n) is 16.8. The molecule has 0 fully saturated rings. The molecule has 2 aliphatic carbocycles. The minimum absolute atomic E-state index is 0. The van der Waals surface area contributed by atoms with E-state index in [2.05, 4.69) is 53.9 Å². The van der Waals surface area contributed by atoms with Crippen molar-refractivity contribution in [2.75, 3.05) is 0 Å². The average Bonchev–Trinajstić information content (AvgIpc) is 2.50. The molecule has 3 N–H and O–H groups in total. The summed E-state index contributed by atoms with van der Waals surface area (Å²) in [7, 11) is 0. The fraction of sp³-hybridized carbons (Fsp3) is 0.500. The predicted octanol–water partition coefficient (Wildman–Crippen LogP) is 3.99. The number of nitrogens with zero attached hydrogens (tertiary/aromatic N) is 1. The molecule has 2 heterocycles. The molecular formula is C22H27BrN2O3. The Bertz CT molecular complexity index is 875. The Kier molecular flexibility index (Phi) is 5.17. The van der Waals surface area contributed by atoms with Gasteiger partial charge >= 0.3 is 0 Å². The van der Waals surface area contributed by atoms with Crippen molar-refractivity contribution in [1.82, 2.24) is 10.3 Å². The molecule has 0 bridgehead atoms. The molecule has 150 valence electrons. The highest BCUT2D eigenvalue weighted by Crippen LogP contribution is 2.50. The molecule has 0 radical (unpaired) electrons. The van der Waals surface area contributed by atoms with E-state index in [9.17, 15) is 9.59 Å². The Morgan fingerprint density at radius 3 is 1.89 bits per heavy atom. The highest BCUT2D eigenvalue weighted by molar-refractivity contribution is 9.10. The molecule has 5 nitrogen and oxygen atoms in total. The van der Waals surface area contributed by atoms with Crippen LogP contribution in [0.5, 0.6) is 0 Å². The van der Waals surface area contributed by atoms with Crippen molar-refractivity contribution in [3.8, 4) is 0 Å². The van der Waals surface area contributed by atoms with Crippen molar-refractivity contribution in [1.29, 1.82) is 0 Å². The number of carbonyl (C=O) groups excluding carboxylic acids is 2. The number of ketones is 2. The van der Waals surface area contributed by atoms with Gasteiger partial charge in [0.2, 0.25) is 0 Å².